The van der Waals surface area contributed by atoms with Gasteiger partial charge in [-0.2, -0.15) is 4.98 Å². The Bertz CT molecular complexity index is 1290. The molecule has 1 N–H and O–H groups in total. The van der Waals surface area contributed by atoms with E-state index in [0.717, 1.165) is 17.4 Å². The van der Waals surface area contributed by atoms with Crippen LogP contribution in [0.15, 0.2) is 40.9 Å². The van der Waals surface area contributed by atoms with Gasteiger partial charge in [-0.15, -0.1) is 0 Å². The second kappa shape index (κ2) is 7.69. The molecular formula is C21H17F2N5O2S. The summed E-state index contributed by atoms with van der Waals surface area (Å²) in [5, 5.41) is 7.55. The molecule has 0 aliphatic carbocycles. The summed E-state index contributed by atoms with van der Waals surface area (Å²) in [7, 11) is 0. The number of likely N-dealkylation sites (tertiary alicyclic amines) is 1. The van der Waals surface area contributed by atoms with Crippen LogP contribution in [-0.2, 0) is 0 Å². The molecule has 2 aromatic heterocycles. The van der Waals surface area contributed by atoms with E-state index in [1.54, 1.807) is 30.0 Å². The van der Waals surface area contributed by atoms with Gasteiger partial charge in [0, 0.05) is 31.3 Å². The van der Waals surface area contributed by atoms with Crippen molar-refractivity contribution in [2.24, 2.45) is 0 Å². The van der Waals surface area contributed by atoms with Crippen LogP contribution in [0, 0.1) is 18.6 Å². The van der Waals surface area contributed by atoms with Gasteiger partial charge in [0.05, 0.1) is 21.3 Å². The Hall–Kier alpha value is -3.40. The summed E-state index contributed by atoms with van der Waals surface area (Å²) in [6.45, 7) is 2.74. The fraction of sp³-hybridized carbons (Fsp3) is 0.238. The Morgan fingerprint density at radius 1 is 1.26 bits per heavy atom. The molecule has 4 aromatic rings. The maximum atomic E-state index is 13.9. The number of amides is 1. The van der Waals surface area contributed by atoms with Gasteiger partial charge < -0.3 is 14.7 Å². The van der Waals surface area contributed by atoms with Crippen molar-refractivity contribution in [3.05, 3.63) is 59.4 Å². The number of hydrogen-bond donors (Lipinski definition) is 1. The monoisotopic (exact) mass is 441 g/mol. The van der Waals surface area contributed by atoms with E-state index in [2.05, 4.69) is 20.4 Å². The van der Waals surface area contributed by atoms with E-state index >= 15 is 0 Å². The second-order valence-electron chi connectivity index (χ2n) is 7.33. The zero-order chi connectivity index (χ0) is 21.5. The topological polar surface area (TPSA) is 84.2 Å². The van der Waals surface area contributed by atoms with Crippen LogP contribution >= 0.6 is 11.3 Å². The molecule has 1 saturated heterocycles. The van der Waals surface area contributed by atoms with Crippen molar-refractivity contribution >= 4 is 32.6 Å². The van der Waals surface area contributed by atoms with Gasteiger partial charge >= 0.3 is 0 Å². The van der Waals surface area contributed by atoms with Gasteiger partial charge in [0.25, 0.3) is 11.8 Å². The van der Waals surface area contributed by atoms with Crippen LogP contribution < -0.4 is 5.32 Å². The van der Waals surface area contributed by atoms with Crippen molar-refractivity contribution in [2.45, 2.75) is 19.4 Å². The molecule has 1 unspecified atom stereocenters. The minimum atomic E-state index is -0.658. The third-order valence-corrected chi connectivity index (χ3v) is 6.14. The molecule has 31 heavy (non-hydrogen) atoms. The first-order valence-electron chi connectivity index (χ1n) is 9.69. The highest BCUT2D eigenvalue weighted by atomic mass is 32.1. The molecule has 10 heteroatoms. The van der Waals surface area contributed by atoms with E-state index < -0.39 is 11.6 Å². The maximum absolute atomic E-state index is 13.9. The van der Waals surface area contributed by atoms with Crippen molar-refractivity contribution in [1.29, 1.82) is 0 Å². The van der Waals surface area contributed by atoms with Gasteiger partial charge in [0.15, 0.2) is 11.0 Å². The van der Waals surface area contributed by atoms with Gasteiger partial charge in [0.2, 0.25) is 0 Å². The van der Waals surface area contributed by atoms with Crippen molar-refractivity contribution in [3.8, 4) is 11.5 Å². The lowest BCUT2D eigenvalue weighted by Gasteiger charge is -2.18. The highest BCUT2D eigenvalue weighted by molar-refractivity contribution is 7.22. The van der Waals surface area contributed by atoms with Gasteiger partial charge in [-0.25, -0.2) is 13.8 Å². The number of halogens is 2. The van der Waals surface area contributed by atoms with Crippen LogP contribution in [0.25, 0.3) is 21.7 Å². The number of carbonyl (C=O) groups excluding carboxylic acids is 1. The smallest absolute Gasteiger partial charge is 0.258 e. The molecule has 0 saturated carbocycles. The lowest BCUT2D eigenvalue weighted by atomic mass is 10.1. The predicted octanol–water partition coefficient (Wildman–Crippen LogP) is 4.26. The first-order chi connectivity index (χ1) is 15.0. The Morgan fingerprint density at radius 2 is 2.10 bits per heavy atom. The molecule has 5 rings (SSSR count). The fourth-order valence-electron chi connectivity index (χ4n) is 3.69. The van der Waals surface area contributed by atoms with E-state index in [9.17, 15) is 13.6 Å². The number of nitrogens with one attached hydrogen (secondary N) is 1. The normalized spacial score (nSPS) is 16.2. The molecule has 3 heterocycles. The average molecular weight is 441 g/mol. The lowest BCUT2D eigenvalue weighted by Crippen LogP contribution is -2.31. The SMILES string of the molecule is Cc1noc(-c2ccccc2C(=O)N2CCC(Nc3nc4cc(F)cc(F)c4s3)C2)n1. The number of anilines is 1. The molecule has 1 atom stereocenters. The summed E-state index contributed by atoms with van der Waals surface area (Å²) in [5.74, 6) is -0.617. The van der Waals surface area contributed by atoms with Gasteiger partial charge in [0.1, 0.15) is 11.6 Å². The first-order valence-corrected chi connectivity index (χ1v) is 10.5. The molecule has 1 aliphatic rings. The molecule has 0 radical (unpaired) electrons. The number of hydrogen-bond acceptors (Lipinski definition) is 7. The third kappa shape index (κ3) is 3.74. The summed E-state index contributed by atoms with van der Waals surface area (Å²) in [4.78, 5) is 23.4. The van der Waals surface area contributed by atoms with E-state index in [4.69, 9.17) is 4.52 Å². The molecule has 2 aromatic carbocycles. The van der Waals surface area contributed by atoms with Crippen LogP contribution in [0.4, 0.5) is 13.9 Å². The Morgan fingerprint density at radius 3 is 2.90 bits per heavy atom. The molecule has 0 bridgehead atoms. The number of rotatable bonds is 4. The van der Waals surface area contributed by atoms with Crippen LogP contribution in [0.2, 0.25) is 0 Å². The molecular weight excluding hydrogens is 424 g/mol. The summed E-state index contributed by atoms with van der Waals surface area (Å²) >= 11 is 1.13. The zero-order valence-electron chi connectivity index (χ0n) is 16.4. The van der Waals surface area contributed by atoms with E-state index in [-0.39, 0.29) is 17.5 Å². The quantitative estimate of drug-likeness (QED) is 0.510. The number of carbonyl (C=O) groups is 1. The highest BCUT2D eigenvalue weighted by Gasteiger charge is 2.29. The van der Waals surface area contributed by atoms with E-state index in [1.165, 1.54) is 6.07 Å². The van der Waals surface area contributed by atoms with Gasteiger partial charge in [-0.3, -0.25) is 4.79 Å². The van der Waals surface area contributed by atoms with Crippen LogP contribution in [0.3, 0.4) is 0 Å². The summed E-state index contributed by atoms with van der Waals surface area (Å²) in [6.07, 6.45) is 0.709. The average Bonchev–Trinajstić information content (AvgIpc) is 3.48. The lowest BCUT2D eigenvalue weighted by molar-refractivity contribution is 0.0792. The predicted molar refractivity (Wildman–Crippen MR) is 112 cm³/mol. The zero-order valence-corrected chi connectivity index (χ0v) is 17.2. The van der Waals surface area contributed by atoms with Gasteiger partial charge in [-0.05, 0) is 25.5 Å². The number of aromatic nitrogens is 3. The summed E-state index contributed by atoms with van der Waals surface area (Å²) in [6, 6.07) is 9.14. The standard InChI is InChI=1S/C21H17F2N5O2S/c1-11-24-19(30-27-11)14-4-2-3-5-15(14)20(29)28-7-6-13(10-28)25-21-26-17-9-12(22)8-16(23)18(17)31-21/h2-5,8-9,13H,6-7,10H2,1H3,(H,25,26). The number of nitrogens with zero attached hydrogens (tertiary/aromatic N) is 4. The van der Waals surface area contributed by atoms with Crippen molar-refractivity contribution < 1.29 is 18.1 Å². The molecule has 1 amide bonds. The molecule has 0 spiro atoms. The second-order valence-corrected chi connectivity index (χ2v) is 8.33. The Balaban J connectivity index is 1.32. The highest BCUT2D eigenvalue weighted by Crippen LogP contribution is 2.31. The maximum Gasteiger partial charge on any atom is 0.258 e. The summed E-state index contributed by atoms with van der Waals surface area (Å²) in [5.41, 5.74) is 1.36. The van der Waals surface area contributed by atoms with Crippen LogP contribution in [-0.4, -0.2) is 45.1 Å². The van der Waals surface area contributed by atoms with Crippen LogP contribution in [0.5, 0.6) is 0 Å². The number of thiazole rings is 1. The fourth-order valence-corrected chi connectivity index (χ4v) is 4.62. The van der Waals surface area contributed by atoms with Crippen molar-refractivity contribution in [1.82, 2.24) is 20.0 Å². The Labute approximate surface area is 179 Å². The molecule has 1 fully saturated rings. The van der Waals surface area contributed by atoms with Crippen molar-refractivity contribution in [2.75, 3.05) is 18.4 Å². The Kier molecular flexibility index (Phi) is 4.85. The first kappa shape index (κ1) is 19.6. The minimum absolute atomic E-state index is 0.0461. The molecule has 158 valence electrons. The number of benzene rings is 2. The number of fused-ring (bicyclic) bond motifs is 1. The molecule has 1 aliphatic heterocycles. The van der Waals surface area contributed by atoms with E-state index in [1.807, 2.05) is 6.07 Å². The van der Waals surface area contributed by atoms with Crippen molar-refractivity contribution in [3.63, 3.8) is 0 Å². The molecule has 7 nitrogen and oxygen atoms in total. The van der Waals surface area contributed by atoms with Crippen LogP contribution in [0.1, 0.15) is 22.6 Å². The van der Waals surface area contributed by atoms with Gasteiger partial charge in [-0.1, -0.05) is 28.6 Å². The largest absolute Gasteiger partial charge is 0.357 e. The number of aryl methyl sites for hydroxylation is 1. The third-order valence-electron chi connectivity index (χ3n) is 5.13. The summed E-state index contributed by atoms with van der Waals surface area (Å²) < 4.78 is 32.9. The van der Waals surface area contributed by atoms with E-state index in [0.29, 0.717) is 52.2 Å². The minimum Gasteiger partial charge on any atom is -0.357 e.